The molecule has 1 amide bonds. The van der Waals surface area contributed by atoms with Gasteiger partial charge in [0.05, 0.1) is 13.5 Å². The Morgan fingerprint density at radius 1 is 1.05 bits per heavy atom. The molecule has 3 N–H and O–H groups in total. The van der Waals surface area contributed by atoms with Crippen LogP contribution >= 0.6 is 0 Å². The maximum Gasteiger partial charge on any atom is 0.228 e. The summed E-state index contributed by atoms with van der Waals surface area (Å²) >= 11 is 0. The van der Waals surface area contributed by atoms with Crippen LogP contribution in [0.1, 0.15) is 11.1 Å². The van der Waals surface area contributed by atoms with Crippen LogP contribution in [-0.2, 0) is 17.8 Å². The third-order valence-electron chi connectivity index (χ3n) is 3.00. The molecule has 0 bridgehead atoms. The molecule has 4 nitrogen and oxygen atoms in total. The predicted octanol–water partition coefficient (Wildman–Crippen LogP) is 2.34. The average Bonchev–Trinajstić information content (AvgIpc) is 2.49. The number of nitrogens with one attached hydrogen (secondary N) is 1. The Hall–Kier alpha value is -2.33. The van der Waals surface area contributed by atoms with Gasteiger partial charge in [0.25, 0.3) is 0 Å². The maximum atomic E-state index is 11.9. The lowest BCUT2D eigenvalue weighted by atomic mass is 10.1. The van der Waals surface area contributed by atoms with E-state index in [-0.39, 0.29) is 5.91 Å². The zero-order valence-corrected chi connectivity index (χ0v) is 11.4. The van der Waals surface area contributed by atoms with E-state index >= 15 is 0 Å². The second-order valence-electron chi connectivity index (χ2n) is 4.47. The van der Waals surface area contributed by atoms with E-state index < -0.39 is 0 Å². The van der Waals surface area contributed by atoms with Gasteiger partial charge in [-0.1, -0.05) is 24.3 Å². The number of methoxy groups -OCH3 is 1. The molecule has 0 spiro atoms. The van der Waals surface area contributed by atoms with Crippen LogP contribution in [-0.4, -0.2) is 13.0 Å². The molecule has 0 saturated heterocycles. The van der Waals surface area contributed by atoms with E-state index in [4.69, 9.17) is 10.5 Å². The number of carbonyl (C=O) groups excluding carboxylic acids is 1. The Labute approximate surface area is 118 Å². The summed E-state index contributed by atoms with van der Waals surface area (Å²) in [6, 6.07) is 15.0. The molecule has 2 aromatic carbocycles. The molecule has 2 aromatic rings. The topological polar surface area (TPSA) is 64.3 Å². The maximum absolute atomic E-state index is 11.9. The Kier molecular flexibility index (Phi) is 4.74. The van der Waals surface area contributed by atoms with E-state index in [1.165, 1.54) is 0 Å². The van der Waals surface area contributed by atoms with Crippen molar-refractivity contribution in [3.05, 3.63) is 59.7 Å². The highest BCUT2D eigenvalue weighted by Crippen LogP contribution is 2.15. The van der Waals surface area contributed by atoms with Gasteiger partial charge in [0, 0.05) is 12.2 Å². The van der Waals surface area contributed by atoms with Gasteiger partial charge in [-0.25, -0.2) is 0 Å². The Balaban J connectivity index is 1.93. The van der Waals surface area contributed by atoms with E-state index in [1.807, 2.05) is 48.5 Å². The zero-order valence-electron chi connectivity index (χ0n) is 11.4. The Morgan fingerprint density at radius 3 is 2.20 bits per heavy atom. The molecule has 0 saturated carbocycles. The monoisotopic (exact) mass is 270 g/mol. The van der Waals surface area contributed by atoms with E-state index in [0.717, 1.165) is 22.6 Å². The summed E-state index contributed by atoms with van der Waals surface area (Å²) in [5, 5.41) is 2.85. The lowest BCUT2D eigenvalue weighted by molar-refractivity contribution is -0.115. The molecule has 4 heteroatoms. The highest BCUT2D eigenvalue weighted by Gasteiger charge is 2.04. The lowest BCUT2D eigenvalue weighted by Gasteiger charge is -2.07. The van der Waals surface area contributed by atoms with Gasteiger partial charge >= 0.3 is 0 Å². The van der Waals surface area contributed by atoms with Crippen molar-refractivity contribution in [2.75, 3.05) is 12.4 Å². The van der Waals surface area contributed by atoms with Gasteiger partial charge in [-0.15, -0.1) is 0 Å². The molecular weight excluding hydrogens is 252 g/mol. The van der Waals surface area contributed by atoms with Crippen LogP contribution in [0.3, 0.4) is 0 Å². The van der Waals surface area contributed by atoms with Crippen LogP contribution in [0.2, 0.25) is 0 Å². The van der Waals surface area contributed by atoms with Crippen molar-refractivity contribution in [2.45, 2.75) is 13.0 Å². The smallest absolute Gasteiger partial charge is 0.228 e. The minimum Gasteiger partial charge on any atom is -0.497 e. The van der Waals surface area contributed by atoms with Crippen LogP contribution in [0.4, 0.5) is 5.69 Å². The molecule has 0 aliphatic carbocycles. The predicted molar refractivity (Wildman–Crippen MR) is 79.7 cm³/mol. The normalized spacial score (nSPS) is 10.1. The minimum absolute atomic E-state index is 0.0457. The number of rotatable bonds is 5. The molecule has 104 valence electrons. The largest absolute Gasteiger partial charge is 0.497 e. The summed E-state index contributed by atoms with van der Waals surface area (Å²) < 4.78 is 5.07. The molecule has 0 aromatic heterocycles. The van der Waals surface area contributed by atoms with E-state index in [1.54, 1.807) is 7.11 Å². The molecule has 2 rings (SSSR count). The Morgan fingerprint density at radius 2 is 1.65 bits per heavy atom. The van der Waals surface area contributed by atoms with E-state index in [9.17, 15) is 4.79 Å². The number of amides is 1. The summed E-state index contributed by atoms with van der Waals surface area (Å²) in [6.45, 7) is 0.512. The van der Waals surface area contributed by atoms with Crippen molar-refractivity contribution in [1.82, 2.24) is 0 Å². The average molecular weight is 270 g/mol. The molecule has 0 aliphatic rings. The standard InChI is InChI=1S/C16H18N2O2/c1-20-15-8-6-14(7-9-15)18-16(19)10-12-2-4-13(11-17)5-3-12/h2-9H,10-11,17H2,1H3,(H,18,19). The number of hydrogen-bond acceptors (Lipinski definition) is 3. The number of ether oxygens (including phenoxy) is 1. The molecule has 0 unspecified atom stereocenters. The van der Waals surface area contributed by atoms with Crippen molar-refractivity contribution >= 4 is 11.6 Å². The van der Waals surface area contributed by atoms with Gasteiger partial charge in [0.2, 0.25) is 5.91 Å². The first-order chi connectivity index (χ1) is 9.71. The number of anilines is 1. The van der Waals surface area contributed by atoms with Crippen molar-refractivity contribution in [2.24, 2.45) is 5.73 Å². The molecule has 0 atom stereocenters. The second kappa shape index (κ2) is 6.73. The highest BCUT2D eigenvalue weighted by molar-refractivity contribution is 5.92. The van der Waals surface area contributed by atoms with E-state index in [0.29, 0.717) is 13.0 Å². The summed E-state index contributed by atoms with van der Waals surface area (Å²) in [4.78, 5) is 11.9. The van der Waals surface area contributed by atoms with Gasteiger partial charge in [-0.2, -0.15) is 0 Å². The molecule has 0 aliphatic heterocycles. The fourth-order valence-electron chi connectivity index (χ4n) is 1.86. The van der Waals surface area contributed by atoms with Gasteiger partial charge < -0.3 is 15.8 Å². The van der Waals surface area contributed by atoms with Crippen LogP contribution < -0.4 is 15.8 Å². The van der Waals surface area contributed by atoms with Crippen molar-refractivity contribution < 1.29 is 9.53 Å². The summed E-state index contributed by atoms with van der Waals surface area (Å²) in [6.07, 6.45) is 0.344. The fourth-order valence-corrected chi connectivity index (χ4v) is 1.86. The molecule has 0 fully saturated rings. The quantitative estimate of drug-likeness (QED) is 0.876. The first-order valence-corrected chi connectivity index (χ1v) is 6.43. The van der Waals surface area contributed by atoms with Crippen LogP contribution in [0, 0.1) is 0 Å². The summed E-state index contributed by atoms with van der Waals surface area (Å²) in [5.74, 6) is 0.719. The SMILES string of the molecule is COc1ccc(NC(=O)Cc2ccc(CN)cc2)cc1. The third-order valence-corrected chi connectivity index (χ3v) is 3.00. The van der Waals surface area contributed by atoms with Gasteiger partial charge in [0.15, 0.2) is 0 Å². The van der Waals surface area contributed by atoms with Gasteiger partial charge in [-0.05, 0) is 35.4 Å². The number of carbonyl (C=O) groups is 1. The summed E-state index contributed by atoms with van der Waals surface area (Å²) in [5.41, 5.74) is 8.32. The van der Waals surface area contributed by atoms with Gasteiger partial charge in [0.1, 0.15) is 5.75 Å². The minimum atomic E-state index is -0.0457. The first kappa shape index (κ1) is 14.1. The molecular formula is C16H18N2O2. The zero-order chi connectivity index (χ0) is 14.4. The second-order valence-corrected chi connectivity index (χ2v) is 4.47. The Bertz CT molecular complexity index is 511. The lowest BCUT2D eigenvalue weighted by Crippen LogP contribution is -2.14. The highest BCUT2D eigenvalue weighted by atomic mass is 16.5. The third kappa shape index (κ3) is 3.83. The molecule has 0 heterocycles. The van der Waals surface area contributed by atoms with Crippen LogP contribution in [0.25, 0.3) is 0 Å². The van der Waals surface area contributed by atoms with Gasteiger partial charge in [-0.3, -0.25) is 4.79 Å². The van der Waals surface area contributed by atoms with E-state index in [2.05, 4.69) is 5.32 Å². The summed E-state index contributed by atoms with van der Waals surface area (Å²) in [7, 11) is 1.61. The number of hydrogen-bond donors (Lipinski definition) is 2. The van der Waals surface area contributed by atoms with Crippen molar-refractivity contribution in [1.29, 1.82) is 0 Å². The van der Waals surface area contributed by atoms with Crippen molar-refractivity contribution in [3.63, 3.8) is 0 Å². The van der Waals surface area contributed by atoms with Crippen LogP contribution in [0.15, 0.2) is 48.5 Å². The number of benzene rings is 2. The van der Waals surface area contributed by atoms with Crippen LogP contribution in [0.5, 0.6) is 5.75 Å². The molecule has 20 heavy (non-hydrogen) atoms. The fraction of sp³-hybridized carbons (Fsp3) is 0.188. The first-order valence-electron chi connectivity index (χ1n) is 6.43. The molecule has 0 radical (unpaired) electrons. The number of nitrogens with two attached hydrogens (primary N) is 1. The van der Waals surface area contributed by atoms with Crippen molar-refractivity contribution in [3.8, 4) is 5.75 Å².